The third kappa shape index (κ3) is 2.60. The van der Waals surface area contributed by atoms with Crippen molar-refractivity contribution in [2.24, 2.45) is 0 Å². The van der Waals surface area contributed by atoms with Crippen LogP contribution in [0, 0.1) is 6.92 Å². The lowest BCUT2D eigenvalue weighted by Gasteiger charge is -2.24. The number of rotatable bonds is 2. The Morgan fingerprint density at radius 1 is 1.24 bits per heavy atom. The Hall–Kier alpha value is -1.32. The smallest absolute Gasteiger partial charge is 0.190 e. The Morgan fingerprint density at radius 3 is 2.71 bits per heavy atom. The van der Waals surface area contributed by atoms with Gasteiger partial charge in [0, 0.05) is 27.2 Å². The first-order valence-corrected chi connectivity index (χ1v) is 7.94. The monoisotopic (exact) mass is 363 g/mol. The molecule has 0 saturated heterocycles. The molecule has 0 fully saturated rings. The molecule has 0 bridgehead atoms. The molecule has 2 aromatic carbocycles. The van der Waals surface area contributed by atoms with Crippen molar-refractivity contribution in [2.75, 3.05) is 5.32 Å². The maximum atomic E-state index is 12.7. The molecular weight excluding hydrogens is 350 g/mol. The van der Waals surface area contributed by atoms with Crippen LogP contribution in [0.2, 0.25) is 5.02 Å². The van der Waals surface area contributed by atoms with E-state index in [9.17, 15) is 4.79 Å². The Labute approximate surface area is 137 Å². The summed E-state index contributed by atoms with van der Waals surface area (Å²) in [5.74, 6) is 0.142. The van der Waals surface area contributed by atoms with Crippen molar-refractivity contribution < 1.29 is 4.79 Å². The Morgan fingerprint density at radius 2 is 2.00 bits per heavy atom. The van der Waals surface area contributed by atoms with Gasteiger partial charge in [-0.15, -0.1) is 0 Å². The number of halogens is 2. The normalized spacial score (nSPS) is 20.3. The fourth-order valence-corrected chi connectivity index (χ4v) is 3.60. The van der Waals surface area contributed by atoms with E-state index in [1.807, 2.05) is 50.2 Å². The predicted octanol–water partition coefficient (Wildman–Crippen LogP) is 5.02. The highest BCUT2D eigenvalue weighted by Gasteiger charge is 2.41. The van der Waals surface area contributed by atoms with Crippen LogP contribution < -0.4 is 5.32 Å². The third-order valence-electron chi connectivity index (χ3n) is 3.89. The van der Waals surface area contributed by atoms with Gasteiger partial charge in [0.15, 0.2) is 5.78 Å². The van der Waals surface area contributed by atoms with Gasteiger partial charge in [0.2, 0.25) is 0 Å². The highest BCUT2D eigenvalue weighted by Crippen LogP contribution is 2.36. The second-order valence-corrected chi connectivity index (χ2v) is 7.04. The number of aryl methyl sites for hydroxylation is 1. The van der Waals surface area contributed by atoms with Gasteiger partial charge in [-0.05, 0) is 43.7 Å². The first kappa shape index (κ1) is 14.6. The molecule has 1 atom stereocenters. The lowest BCUT2D eigenvalue weighted by atomic mass is 9.88. The molecule has 1 aliphatic heterocycles. The summed E-state index contributed by atoms with van der Waals surface area (Å²) >= 11 is 9.50. The third-order valence-corrected chi connectivity index (χ3v) is 4.86. The molecule has 0 saturated carbocycles. The summed E-state index contributed by atoms with van der Waals surface area (Å²) in [6.45, 7) is 3.95. The summed E-state index contributed by atoms with van der Waals surface area (Å²) in [6.07, 6.45) is 0.608. The molecule has 0 radical (unpaired) electrons. The van der Waals surface area contributed by atoms with E-state index in [0.717, 1.165) is 26.9 Å². The summed E-state index contributed by atoms with van der Waals surface area (Å²) in [6, 6.07) is 11.6. The van der Waals surface area contributed by atoms with Gasteiger partial charge >= 0.3 is 0 Å². The molecule has 1 N–H and O–H groups in total. The van der Waals surface area contributed by atoms with E-state index < -0.39 is 5.54 Å². The molecule has 21 heavy (non-hydrogen) atoms. The zero-order chi connectivity index (χ0) is 15.2. The van der Waals surface area contributed by atoms with Gasteiger partial charge in [0.1, 0.15) is 5.54 Å². The summed E-state index contributed by atoms with van der Waals surface area (Å²) < 4.78 is 0.929. The van der Waals surface area contributed by atoms with Crippen molar-refractivity contribution in [3.63, 3.8) is 0 Å². The minimum Gasteiger partial charge on any atom is -0.372 e. The minimum absolute atomic E-state index is 0.142. The van der Waals surface area contributed by atoms with E-state index in [-0.39, 0.29) is 5.78 Å². The number of fused-ring (bicyclic) bond motifs is 1. The molecule has 4 heteroatoms. The first-order valence-electron chi connectivity index (χ1n) is 6.77. The van der Waals surface area contributed by atoms with Crippen molar-refractivity contribution >= 4 is 39.0 Å². The number of hydrogen-bond acceptors (Lipinski definition) is 2. The van der Waals surface area contributed by atoms with Gasteiger partial charge in [-0.25, -0.2) is 0 Å². The van der Waals surface area contributed by atoms with Crippen LogP contribution in [0.3, 0.4) is 0 Å². The lowest BCUT2D eigenvalue weighted by molar-refractivity contribution is 0.0929. The van der Waals surface area contributed by atoms with E-state index in [1.165, 1.54) is 0 Å². The molecule has 0 aliphatic carbocycles. The van der Waals surface area contributed by atoms with Crippen LogP contribution in [-0.4, -0.2) is 11.3 Å². The van der Waals surface area contributed by atoms with Crippen LogP contribution in [0.25, 0.3) is 0 Å². The number of carbonyl (C=O) groups is 1. The summed E-state index contributed by atoms with van der Waals surface area (Å²) in [7, 11) is 0. The van der Waals surface area contributed by atoms with E-state index in [4.69, 9.17) is 11.6 Å². The van der Waals surface area contributed by atoms with Gasteiger partial charge in [-0.2, -0.15) is 0 Å². The number of carbonyl (C=O) groups excluding carboxylic acids is 1. The quantitative estimate of drug-likeness (QED) is 0.810. The molecule has 2 aromatic rings. The minimum atomic E-state index is -0.619. The number of Topliss-reactive ketones (excluding diaryl/α,β-unsaturated/α-hetero) is 1. The predicted molar refractivity (Wildman–Crippen MR) is 90.4 cm³/mol. The fourth-order valence-electron chi connectivity index (χ4n) is 2.78. The van der Waals surface area contributed by atoms with Gasteiger partial charge in [-0.1, -0.05) is 45.2 Å². The molecule has 0 amide bonds. The molecule has 108 valence electrons. The number of anilines is 1. The van der Waals surface area contributed by atoms with E-state index in [0.29, 0.717) is 11.4 Å². The van der Waals surface area contributed by atoms with Crippen molar-refractivity contribution in [3.8, 4) is 0 Å². The molecular formula is C17H15BrClNO. The van der Waals surface area contributed by atoms with Gasteiger partial charge < -0.3 is 5.32 Å². The van der Waals surface area contributed by atoms with Crippen LogP contribution in [0.4, 0.5) is 5.69 Å². The molecule has 1 heterocycles. The maximum absolute atomic E-state index is 12.7. The average molecular weight is 365 g/mol. The highest BCUT2D eigenvalue weighted by molar-refractivity contribution is 9.10. The number of benzene rings is 2. The number of ketones is 1. The Kier molecular flexibility index (Phi) is 3.58. The van der Waals surface area contributed by atoms with Gasteiger partial charge in [0.05, 0.1) is 0 Å². The molecule has 1 aliphatic rings. The van der Waals surface area contributed by atoms with Crippen molar-refractivity contribution in [2.45, 2.75) is 25.8 Å². The zero-order valence-electron chi connectivity index (χ0n) is 11.8. The van der Waals surface area contributed by atoms with Crippen LogP contribution in [0.1, 0.15) is 28.4 Å². The zero-order valence-corrected chi connectivity index (χ0v) is 14.2. The van der Waals surface area contributed by atoms with Crippen molar-refractivity contribution in [1.29, 1.82) is 0 Å². The SMILES string of the molecule is Cc1ccc2c(c1)C(=O)C(C)(Cc1ccc(Cl)cc1Br)N2. The summed E-state index contributed by atoms with van der Waals surface area (Å²) in [5.41, 5.74) is 3.24. The second-order valence-electron chi connectivity index (χ2n) is 5.75. The number of nitrogens with one attached hydrogen (secondary N) is 1. The molecule has 2 nitrogen and oxygen atoms in total. The van der Waals surface area contributed by atoms with Crippen LogP contribution in [-0.2, 0) is 6.42 Å². The van der Waals surface area contributed by atoms with Crippen LogP contribution in [0.15, 0.2) is 40.9 Å². The summed E-state index contributed by atoms with van der Waals surface area (Å²) in [5, 5.41) is 4.06. The Bertz CT molecular complexity index is 744. The summed E-state index contributed by atoms with van der Waals surface area (Å²) in [4.78, 5) is 12.7. The lowest BCUT2D eigenvalue weighted by Crippen LogP contribution is -2.40. The topological polar surface area (TPSA) is 29.1 Å². The van der Waals surface area contributed by atoms with E-state index >= 15 is 0 Å². The number of hydrogen-bond donors (Lipinski definition) is 1. The standard InChI is InChI=1S/C17H15BrClNO/c1-10-3-6-15-13(7-10)16(21)17(2,20-15)9-11-4-5-12(19)8-14(11)18/h3-8,20H,9H2,1-2H3. The molecule has 0 spiro atoms. The second kappa shape index (κ2) is 5.15. The van der Waals surface area contributed by atoms with Crippen molar-refractivity contribution in [1.82, 2.24) is 0 Å². The Balaban J connectivity index is 1.95. The largest absolute Gasteiger partial charge is 0.372 e. The van der Waals surface area contributed by atoms with Crippen molar-refractivity contribution in [3.05, 3.63) is 62.6 Å². The van der Waals surface area contributed by atoms with Crippen LogP contribution >= 0.6 is 27.5 Å². The highest BCUT2D eigenvalue weighted by atomic mass is 79.9. The van der Waals surface area contributed by atoms with Gasteiger partial charge in [0.25, 0.3) is 0 Å². The average Bonchev–Trinajstić information content (AvgIpc) is 2.66. The first-order chi connectivity index (χ1) is 9.89. The molecule has 0 aromatic heterocycles. The molecule has 1 unspecified atom stereocenters. The van der Waals surface area contributed by atoms with Crippen LogP contribution in [0.5, 0.6) is 0 Å². The maximum Gasteiger partial charge on any atom is 0.190 e. The van der Waals surface area contributed by atoms with E-state index in [2.05, 4.69) is 21.2 Å². The molecule has 3 rings (SSSR count). The fraction of sp³-hybridized carbons (Fsp3) is 0.235. The van der Waals surface area contributed by atoms with E-state index in [1.54, 1.807) is 0 Å². The van der Waals surface area contributed by atoms with Gasteiger partial charge in [-0.3, -0.25) is 4.79 Å².